The zero-order valence-electron chi connectivity index (χ0n) is 15.5. The third kappa shape index (κ3) is 3.60. The molecule has 0 radical (unpaired) electrons. The molecule has 1 N–H and O–H groups in total. The van der Waals surface area contributed by atoms with Crippen LogP contribution in [0.15, 0.2) is 24.4 Å². The molecule has 5 rings (SSSR count). The van der Waals surface area contributed by atoms with E-state index in [4.69, 9.17) is 4.74 Å². The number of nitrogens with one attached hydrogen (secondary N) is 1. The molecule has 2 bridgehead atoms. The van der Waals surface area contributed by atoms with E-state index in [1.54, 1.807) is 6.20 Å². The molecule has 8 nitrogen and oxygen atoms in total. The summed E-state index contributed by atoms with van der Waals surface area (Å²) in [5.74, 6) is 0.218. The SMILES string of the molecule is Cc1nnc(-c2ccc3cnc(NC(=O)CN4CC5CCC(C4)O5)nc3c2)s1. The van der Waals surface area contributed by atoms with Crippen molar-refractivity contribution in [3.63, 3.8) is 0 Å². The number of benzene rings is 1. The molecule has 2 saturated heterocycles. The van der Waals surface area contributed by atoms with Gasteiger partial charge in [0.25, 0.3) is 0 Å². The number of anilines is 1. The van der Waals surface area contributed by atoms with E-state index in [9.17, 15) is 4.79 Å². The lowest BCUT2D eigenvalue weighted by molar-refractivity contribution is -0.119. The Morgan fingerprint density at radius 2 is 2.11 bits per heavy atom. The first-order valence-corrected chi connectivity index (χ1v) is 10.2. The van der Waals surface area contributed by atoms with E-state index in [1.807, 2.05) is 25.1 Å². The molecule has 144 valence electrons. The van der Waals surface area contributed by atoms with Crippen molar-refractivity contribution < 1.29 is 9.53 Å². The van der Waals surface area contributed by atoms with Crippen molar-refractivity contribution in [2.45, 2.75) is 32.0 Å². The Morgan fingerprint density at radius 1 is 1.29 bits per heavy atom. The summed E-state index contributed by atoms with van der Waals surface area (Å²) in [5.41, 5.74) is 1.72. The zero-order valence-corrected chi connectivity index (χ0v) is 16.3. The molecule has 4 heterocycles. The monoisotopic (exact) mass is 396 g/mol. The average Bonchev–Trinajstić information content (AvgIpc) is 3.26. The molecule has 3 aromatic rings. The van der Waals surface area contributed by atoms with Crippen LogP contribution in [-0.4, -0.2) is 62.8 Å². The Hall–Kier alpha value is -2.49. The van der Waals surface area contributed by atoms with Crippen LogP contribution in [0, 0.1) is 6.92 Å². The van der Waals surface area contributed by atoms with Crippen LogP contribution in [0.2, 0.25) is 0 Å². The highest BCUT2D eigenvalue weighted by molar-refractivity contribution is 7.14. The predicted octanol–water partition coefficient (Wildman–Crippen LogP) is 2.26. The molecule has 0 aliphatic carbocycles. The maximum absolute atomic E-state index is 12.5. The molecule has 2 fully saturated rings. The number of aryl methyl sites for hydroxylation is 1. The van der Waals surface area contributed by atoms with E-state index in [2.05, 4.69) is 30.4 Å². The largest absolute Gasteiger partial charge is 0.372 e. The molecule has 28 heavy (non-hydrogen) atoms. The van der Waals surface area contributed by atoms with Crippen LogP contribution in [0.25, 0.3) is 21.5 Å². The van der Waals surface area contributed by atoms with Crippen LogP contribution in [0.3, 0.4) is 0 Å². The third-order valence-electron chi connectivity index (χ3n) is 5.09. The van der Waals surface area contributed by atoms with Gasteiger partial charge < -0.3 is 4.74 Å². The summed E-state index contributed by atoms with van der Waals surface area (Å²) in [6.45, 7) is 3.89. The van der Waals surface area contributed by atoms with Crippen molar-refractivity contribution in [3.05, 3.63) is 29.4 Å². The number of hydrogen-bond donors (Lipinski definition) is 1. The molecule has 2 aromatic heterocycles. The van der Waals surface area contributed by atoms with E-state index < -0.39 is 0 Å². The van der Waals surface area contributed by atoms with Gasteiger partial charge in [0.05, 0.1) is 24.3 Å². The van der Waals surface area contributed by atoms with Gasteiger partial charge in [-0.2, -0.15) is 0 Å². The zero-order chi connectivity index (χ0) is 19.1. The van der Waals surface area contributed by atoms with Crippen LogP contribution in [0.4, 0.5) is 5.95 Å². The highest BCUT2D eigenvalue weighted by Crippen LogP contribution is 2.27. The Morgan fingerprint density at radius 3 is 2.86 bits per heavy atom. The van der Waals surface area contributed by atoms with Gasteiger partial charge in [-0.15, -0.1) is 10.2 Å². The molecule has 9 heteroatoms. The van der Waals surface area contributed by atoms with Gasteiger partial charge in [0.1, 0.15) is 10.0 Å². The second-order valence-corrected chi connectivity index (χ2v) is 8.47. The Balaban J connectivity index is 1.30. The first kappa shape index (κ1) is 17.6. The van der Waals surface area contributed by atoms with Crippen molar-refractivity contribution in [1.29, 1.82) is 0 Å². The van der Waals surface area contributed by atoms with Crippen molar-refractivity contribution in [2.75, 3.05) is 25.0 Å². The van der Waals surface area contributed by atoms with Gasteiger partial charge in [0.2, 0.25) is 11.9 Å². The van der Waals surface area contributed by atoms with E-state index >= 15 is 0 Å². The number of nitrogens with zero attached hydrogens (tertiary/aromatic N) is 5. The van der Waals surface area contributed by atoms with E-state index in [1.165, 1.54) is 11.3 Å². The lowest BCUT2D eigenvalue weighted by atomic mass is 10.1. The number of amides is 1. The normalized spacial score (nSPS) is 21.9. The maximum Gasteiger partial charge on any atom is 0.240 e. The number of aromatic nitrogens is 4. The second-order valence-electron chi connectivity index (χ2n) is 7.29. The molecule has 1 amide bonds. The Kier molecular flexibility index (Phi) is 4.50. The number of hydrogen-bond acceptors (Lipinski definition) is 8. The fourth-order valence-corrected chi connectivity index (χ4v) is 4.51. The molecule has 1 aromatic carbocycles. The summed E-state index contributed by atoms with van der Waals surface area (Å²) in [5, 5.41) is 13.8. The highest BCUT2D eigenvalue weighted by Gasteiger charge is 2.34. The standard InChI is InChI=1S/C19H20N6O2S/c1-11-23-24-18(28-11)12-2-3-13-7-20-19(21-16(13)6-12)22-17(26)10-25-8-14-4-5-15(9-25)27-14/h2-3,6-7,14-15H,4-5,8-10H2,1H3,(H,20,21,22,26). The maximum atomic E-state index is 12.5. The minimum atomic E-state index is -0.100. The smallest absolute Gasteiger partial charge is 0.240 e. The summed E-state index contributed by atoms with van der Waals surface area (Å²) >= 11 is 1.54. The fraction of sp³-hybridized carbons (Fsp3) is 0.421. The van der Waals surface area contributed by atoms with Crippen molar-refractivity contribution in [1.82, 2.24) is 25.1 Å². The summed E-state index contributed by atoms with van der Waals surface area (Å²) in [7, 11) is 0. The number of fused-ring (bicyclic) bond motifs is 3. The predicted molar refractivity (Wildman–Crippen MR) is 106 cm³/mol. The average molecular weight is 396 g/mol. The number of morpholine rings is 1. The molecular weight excluding hydrogens is 376 g/mol. The Bertz CT molecular complexity index is 1030. The lowest BCUT2D eigenvalue weighted by Gasteiger charge is -2.31. The molecule has 2 aliphatic rings. The minimum Gasteiger partial charge on any atom is -0.372 e. The Labute approximate surface area is 166 Å². The van der Waals surface area contributed by atoms with Crippen LogP contribution in [0.5, 0.6) is 0 Å². The molecule has 0 spiro atoms. The first-order valence-electron chi connectivity index (χ1n) is 9.37. The number of carbonyl (C=O) groups is 1. The van der Waals surface area contributed by atoms with Gasteiger partial charge in [0.15, 0.2) is 0 Å². The third-order valence-corrected chi connectivity index (χ3v) is 5.98. The van der Waals surface area contributed by atoms with Crippen molar-refractivity contribution >= 4 is 34.1 Å². The topological polar surface area (TPSA) is 93.1 Å². The van der Waals surface area contributed by atoms with Gasteiger partial charge in [0, 0.05) is 30.2 Å². The van der Waals surface area contributed by atoms with Gasteiger partial charge >= 0.3 is 0 Å². The van der Waals surface area contributed by atoms with Gasteiger partial charge in [-0.05, 0) is 25.8 Å². The van der Waals surface area contributed by atoms with Crippen molar-refractivity contribution in [3.8, 4) is 10.6 Å². The van der Waals surface area contributed by atoms with E-state index in [0.717, 1.165) is 52.4 Å². The number of ether oxygens (including phenoxy) is 1. The van der Waals surface area contributed by atoms with Crippen molar-refractivity contribution in [2.24, 2.45) is 0 Å². The van der Waals surface area contributed by atoms with E-state index in [-0.39, 0.29) is 18.1 Å². The van der Waals surface area contributed by atoms with Gasteiger partial charge in [-0.25, -0.2) is 9.97 Å². The summed E-state index contributed by atoms with van der Waals surface area (Å²) in [4.78, 5) is 23.4. The molecular formula is C19H20N6O2S. The highest BCUT2D eigenvalue weighted by atomic mass is 32.1. The lowest BCUT2D eigenvalue weighted by Crippen LogP contribution is -2.45. The molecule has 0 saturated carbocycles. The first-order chi connectivity index (χ1) is 13.6. The molecule has 2 unspecified atom stereocenters. The number of likely N-dealkylation sites (tertiary alicyclic amines) is 1. The molecule has 2 atom stereocenters. The summed E-state index contributed by atoms with van der Waals surface area (Å²) in [6.07, 6.45) is 4.44. The van der Waals surface area contributed by atoms with Crippen LogP contribution in [0.1, 0.15) is 17.8 Å². The second kappa shape index (κ2) is 7.16. The van der Waals surface area contributed by atoms with Crippen LogP contribution < -0.4 is 5.32 Å². The number of carbonyl (C=O) groups excluding carboxylic acids is 1. The molecule has 2 aliphatic heterocycles. The van der Waals surface area contributed by atoms with Crippen LogP contribution >= 0.6 is 11.3 Å². The minimum absolute atomic E-state index is 0.100. The number of rotatable bonds is 4. The van der Waals surface area contributed by atoms with Gasteiger partial charge in [-0.3, -0.25) is 15.0 Å². The summed E-state index contributed by atoms with van der Waals surface area (Å²) < 4.78 is 5.82. The fourth-order valence-electron chi connectivity index (χ4n) is 3.83. The van der Waals surface area contributed by atoms with Crippen LogP contribution in [-0.2, 0) is 9.53 Å². The summed E-state index contributed by atoms with van der Waals surface area (Å²) in [6, 6.07) is 5.89. The van der Waals surface area contributed by atoms with Gasteiger partial charge in [-0.1, -0.05) is 23.5 Å². The quantitative estimate of drug-likeness (QED) is 0.723. The van der Waals surface area contributed by atoms with E-state index in [0.29, 0.717) is 12.5 Å².